The number of benzene rings is 1. The zero-order chi connectivity index (χ0) is 17.0. The summed E-state index contributed by atoms with van der Waals surface area (Å²) in [6.45, 7) is 7.21. The standard InChI is InChI=1S/C16H20N4O2S/c1-9(2)13(21)17-11(4)14(22)18-16-20-19-15(23-16)12-7-5-10(3)6-8-12/h5-9,11H,1-4H3,(H,17,21)(H,18,20,22). The summed E-state index contributed by atoms with van der Waals surface area (Å²) in [5, 5.41) is 14.5. The molecule has 0 spiro atoms. The fraction of sp³-hybridized carbons (Fsp3) is 0.375. The van der Waals surface area contributed by atoms with Gasteiger partial charge in [-0.3, -0.25) is 14.9 Å². The van der Waals surface area contributed by atoms with Gasteiger partial charge in [-0.2, -0.15) is 0 Å². The quantitative estimate of drug-likeness (QED) is 0.881. The first-order valence-corrected chi connectivity index (χ1v) is 8.20. The van der Waals surface area contributed by atoms with Crippen LogP contribution in [-0.2, 0) is 9.59 Å². The maximum absolute atomic E-state index is 12.1. The fourth-order valence-electron chi connectivity index (χ4n) is 1.75. The molecule has 0 bridgehead atoms. The minimum absolute atomic E-state index is 0.162. The molecule has 2 N–H and O–H groups in total. The first-order valence-electron chi connectivity index (χ1n) is 7.38. The molecule has 1 atom stereocenters. The molecule has 0 aliphatic rings. The highest BCUT2D eigenvalue weighted by Crippen LogP contribution is 2.26. The molecule has 0 radical (unpaired) electrons. The smallest absolute Gasteiger partial charge is 0.248 e. The van der Waals surface area contributed by atoms with Crippen LogP contribution in [0.3, 0.4) is 0 Å². The van der Waals surface area contributed by atoms with Crippen LogP contribution in [-0.4, -0.2) is 28.1 Å². The highest BCUT2D eigenvalue weighted by atomic mass is 32.1. The van der Waals surface area contributed by atoms with Gasteiger partial charge in [-0.05, 0) is 13.8 Å². The average Bonchev–Trinajstić information content (AvgIpc) is 2.96. The summed E-state index contributed by atoms with van der Waals surface area (Å²) in [5.74, 6) is -0.643. The molecule has 1 aromatic carbocycles. The molecule has 0 fully saturated rings. The number of aryl methyl sites for hydroxylation is 1. The van der Waals surface area contributed by atoms with E-state index in [9.17, 15) is 9.59 Å². The Morgan fingerprint density at radius 3 is 2.30 bits per heavy atom. The first kappa shape index (κ1) is 17.1. The van der Waals surface area contributed by atoms with E-state index in [0.717, 1.165) is 10.6 Å². The van der Waals surface area contributed by atoms with Crippen molar-refractivity contribution in [2.75, 3.05) is 5.32 Å². The lowest BCUT2D eigenvalue weighted by Gasteiger charge is -2.14. The number of carbonyl (C=O) groups is 2. The van der Waals surface area contributed by atoms with Crippen molar-refractivity contribution >= 4 is 28.3 Å². The van der Waals surface area contributed by atoms with E-state index in [4.69, 9.17) is 0 Å². The lowest BCUT2D eigenvalue weighted by Crippen LogP contribution is -2.43. The summed E-state index contributed by atoms with van der Waals surface area (Å²) < 4.78 is 0. The van der Waals surface area contributed by atoms with Gasteiger partial charge in [-0.1, -0.05) is 55.0 Å². The second-order valence-corrected chi connectivity index (χ2v) is 6.63. The Labute approximate surface area is 139 Å². The Morgan fingerprint density at radius 1 is 1.04 bits per heavy atom. The molecule has 7 heteroatoms. The second kappa shape index (κ2) is 7.32. The molecule has 23 heavy (non-hydrogen) atoms. The predicted molar refractivity (Wildman–Crippen MR) is 91.2 cm³/mol. The van der Waals surface area contributed by atoms with E-state index < -0.39 is 6.04 Å². The first-order chi connectivity index (χ1) is 10.9. The van der Waals surface area contributed by atoms with Gasteiger partial charge in [0.1, 0.15) is 11.0 Å². The zero-order valence-electron chi connectivity index (χ0n) is 13.6. The van der Waals surface area contributed by atoms with Crippen LogP contribution >= 0.6 is 11.3 Å². The number of hydrogen-bond donors (Lipinski definition) is 2. The van der Waals surface area contributed by atoms with Crippen molar-refractivity contribution in [3.8, 4) is 10.6 Å². The van der Waals surface area contributed by atoms with Crippen LogP contribution in [0, 0.1) is 12.8 Å². The average molecular weight is 332 g/mol. The summed E-state index contributed by atoms with van der Waals surface area (Å²) in [5.41, 5.74) is 2.12. The van der Waals surface area contributed by atoms with Gasteiger partial charge < -0.3 is 5.32 Å². The molecule has 122 valence electrons. The second-order valence-electron chi connectivity index (χ2n) is 5.65. The highest BCUT2D eigenvalue weighted by Gasteiger charge is 2.19. The SMILES string of the molecule is Cc1ccc(-c2nnc(NC(=O)C(C)NC(=O)C(C)C)s2)cc1. The van der Waals surface area contributed by atoms with Gasteiger partial charge in [-0.25, -0.2) is 0 Å². The van der Waals surface area contributed by atoms with E-state index in [1.165, 1.54) is 16.9 Å². The molecule has 1 aromatic heterocycles. The topological polar surface area (TPSA) is 84.0 Å². The van der Waals surface area contributed by atoms with Gasteiger partial charge in [0, 0.05) is 11.5 Å². The number of nitrogens with zero attached hydrogens (tertiary/aromatic N) is 2. The van der Waals surface area contributed by atoms with Crippen molar-refractivity contribution in [1.29, 1.82) is 0 Å². The number of nitrogens with one attached hydrogen (secondary N) is 2. The maximum atomic E-state index is 12.1. The molecule has 6 nitrogen and oxygen atoms in total. The van der Waals surface area contributed by atoms with E-state index in [0.29, 0.717) is 5.13 Å². The van der Waals surface area contributed by atoms with Gasteiger partial charge in [0.2, 0.25) is 16.9 Å². The number of aromatic nitrogens is 2. The van der Waals surface area contributed by atoms with Crippen LogP contribution < -0.4 is 10.6 Å². The van der Waals surface area contributed by atoms with E-state index in [1.807, 2.05) is 31.2 Å². The van der Waals surface area contributed by atoms with Crippen molar-refractivity contribution in [3.05, 3.63) is 29.8 Å². The maximum Gasteiger partial charge on any atom is 0.248 e. The minimum atomic E-state index is -0.628. The lowest BCUT2D eigenvalue weighted by atomic mass is 10.2. The van der Waals surface area contributed by atoms with Crippen molar-refractivity contribution in [2.45, 2.75) is 33.7 Å². The van der Waals surface area contributed by atoms with Gasteiger partial charge in [-0.15, -0.1) is 10.2 Å². The molecule has 2 rings (SSSR count). The van der Waals surface area contributed by atoms with E-state index >= 15 is 0 Å². The summed E-state index contributed by atoms with van der Waals surface area (Å²) in [6, 6.07) is 7.30. The van der Waals surface area contributed by atoms with Crippen molar-refractivity contribution in [1.82, 2.24) is 15.5 Å². The number of amides is 2. The Kier molecular flexibility index (Phi) is 5.44. The normalized spacial score (nSPS) is 12.0. The van der Waals surface area contributed by atoms with Gasteiger partial charge in [0.15, 0.2) is 0 Å². The van der Waals surface area contributed by atoms with E-state index in [-0.39, 0.29) is 17.7 Å². The number of carbonyl (C=O) groups excluding carboxylic acids is 2. The summed E-state index contributed by atoms with van der Waals surface area (Å²) in [4.78, 5) is 23.7. The largest absolute Gasteiger partial charge is 0.344 e. The molecule has 2 aromatic rings. The molecule has 0 saturated heterocycles. The number of rotatable bonds is 5. The van der Waals surface area contributed by atoms with Crippen LogP contribution in [0.5, 0.6) is 0 Å². The molecule has 1 unspecified atom stereocenters. The zero-order valence-corrected chi connectivity index (χ0v) is 14.4. The third-order valence-electron chi connectivity index (χ3n) is 3.23. The van der Waals surface area contributed by atoms with E-state index in [1.54, 1.807) is 20.8 Å². The molecule has 0 aliphatic carbocycles. The summed E-state index contributed by atoms with van der Waals surface area (Å²) in [6.07, 6.45) is 0. The Morgan fingerprint density at radius 2 is 1.70 bits per heavy atom. The Bertz CT molecular complexity index is 694. The van der Waals surface area contributed by atoms with Crippen LogP contribution in [0.1, 0.15) is 26.3 Å². The molecule has 2 amide bonds. The number of hydrogen-bond acceptors (Lipinski definition) is 5. The van der Waals surface area contributed by atoms with Crippen LogP contribution in [0.25, 0.3) is 10.6 Å². The third kappa shape index (κ3) is 4.59. The van der Waals surface area contributed by atoms with Crippen molar-refractivity contribution in [3.63, 3.8) is 0 Å². The Balaban J connectivity index is 1.99. The van der Waals surface area contributed by atoms with Crippen LogP contribution in [0.15, 0.2) is 24.3 Å². The monoisotopic (exact) mass is 332 g/mol. The van der Waals surface area contributed by atoms with Crippen LogP contribution in [0.2, 0.25) is 0 Å². The molecule has 1 heterocycles. The van der Waals surface area contributed by atoms with Crippen molar-refractivity contribution in [2.24, 2.45) is 5.92 Å². The molecule has 0 saturated carbocycles. The Hall–Kier alpha value is -2.28. The minimum Gasteiger partial charge on any atom is -0.344 e. The fourth-order valence-corrected chi connectivity index (χ4v) is 2.50. The van der Waals surface area contributed by atoms with E-state index in [2.05, 4.69) is 20.8 Å². The third-order valence-corrected chi connectivity index (χ3v) is 4.12. The molecule has 0 aliphatic heterocycles. The van der Waals surface area contributed by atoms with Gasteiger partial charge in [0.05, 0.1) is 0 Å². The summed E-state index contributed by atoms with van der Waals surface area (Å²) in [7, 11) is 0. The predicted octanol–water partition coefficient (Wildman–Crippen LogP) is 2.61. The highest BCUT2D eigenvalue weighted by molar-refractivity contribution is 7.18. The van der Waals surface area contributed by atoms with Gasteiger partial charge >= 0.3 is 0 Å². The number of anilines is 1. The molecular weight excluding hydrogens is 312 g/mol. The van der Waals surface area contributed by atoms with Crippen LogP contribution in [0.4, 0.5) is 5.13 Å². The lowest BCUT2D eigenvalue weighted by molar-refractivity contribution is -0.128. The summed E-state index contributed by atoms with van der Waals surface area (Å²) >= 11 is 1.30. The van der Waals surface area contributed by atoms with Crippen molar-refractivity contribution < 1.29 is 9.59 Å². The molecular formula is C16H20N4O2S. The van der Waals surface area contributed by atoms with Gasteiger partial charge in [0.25, 0.3) is 0 Å².